The van der Waals surface area contributed by atoms with Gasteiger partial charge in [-0.15, -0.1) is 0 Å². The lowest BCUT2D eigenvalue weighted by molar-refractivity contribution is -0.143. The van der Waals surface area contributed by atoms with Crippen molar-refractivity contribution in [3.05, 3.63) is 0 Å². The molecule has 0 rings (SSSR count). The zero-order chi connectivity index (χ0) is 12.8. The first-order valence-electron chi connectivity index (χ1n) is 5.48. The number of hydrogen-bond acceptors (Lipinski definition) is 4. The topological polar surface area (TPSA) is 81.4 Å². The van der Waals surface area contributed by atoms with E-state index in [4.69, 9.17) is 10.5 Å². The lowest BCUT2D eigenvalue weighted by Gasteiger charge is -2.28. The smallest absolute Gasteiger partial charge is 0.307 e. The number of carbonyl (C=O) groups excluding carboxylic acids is 2. The second kappa shape index (κ2) is 6.48. The van der Waals surface area contributed by atoms with Crippen LogP contribution in [0.3, 0.4) is 0 Å². The van der Waals surface area contributed by atoms with Crippen molar-refractivity contribution in [1.29, 1.82) is 0 Å². The van der Waals surface area contributed by atoms with Crippen molar-refractivity contribution in [2.24, 2.45) is 5.73 Å². The summed E-state index contributed by atoms with van der Waals surface area (Å²) in [5, 5.41) is 3.18. The Kier molecular flexibility index (Phi) is 6.03. The van der Waals surface area contributed by atoms with E-state index in [1.165, 1.54) is 0 Å². The Morgan fingerprint density at radius 2 is 2.00 bits per heavy atom. The normalized spacial score (nSPS) is 13.2. The van der Waals surface area contributed by atoms with Crippen LogP contribution in [0.2, 0.25) is 0 Å². The van der Waals surface area contributed by atoms with E-state index in [2.05, 4.69) is 5.32 Å². The third-order valence-corrected chi connectivity index (χ3v) is 2.03. The summed E-state index contributed by atoms with van der Waals surface area (Å²) < 4.78 is 4.84. The van der Waals surface area contributed by atoms with E-state index in [1.807, 2.05) is 20.8 Å². The highest BCUT2D eigenvalue weighted by Crippen LogP contribution is 2.10. The number of carbonyl (C=O) groups is 2. The molecular weight excluding hydrogens is 208 g/mol. The van der Waals surface area contributed by atoms with Gasteiger partial charge in [-0.2, -0.15) is 0 Å². The van der Waals surface area contributed by atoms with Gasteiger partial charge in [-0.3, -0.25) is 9.59 Å². The molecule has 3 N–H and O–H groups in total. The van der Waals surface area contributed by atoms with Crippen molar-refractivity contribution in [1.82, 2.24) is 5.32 Å². The fourth-order valence-corrected chi connectivity index (χ4v) is 1.67. The molecule has 0 bridgehead atoms. The highest BCUT2D eigenvalue weighted by atomic mass is 16.5. The van der Waals surface area contributed by atoms with Gasteiger partial charge in [0.05, 0.1) is 13.0 Å². The van der Waals surface area contributed by atoms with Gasteiger partial charge in [-0.05, 0) is 27.7 Å². The van der Waals surface area contributed by atoms with Crippen LogP contribution in [0.4, 0.5) is 0 Å². The molecule has 5 nitrogen and oxygen atoms in total. The summed E-state index contributed by atoms with van der Waals surface area (Å²) in [4.78, 5) is 22.0. The summed E-state index contributed by atoms with van der Waals surface area (Å²) >= 11 is 0. The Bertz CT molecular complexity index is 252. The first-order valence-corrected chi connectivity index (χ1v) is 5.48. The molecule has 0 aliphatic carbocycles. The van der Waals surface area contributed by atoms with Gasteiger partial charge >= 0.3 is 5.97 Å². The monoisotopic (exact) mass is 230 g/mol. The van der Waals surface area contributed by atoms with Crippen molar-refractivity contribution in [2.75, 3.05) is 6.61 Å². The minimum Gasteiger partial charge on any atom is -0.466 e. The maximum Gasteiger partial charge on any atom is 0.307 e. The molecule has 0 aliphatic heterocycles. The van der Waals surface area contributed by atoms with Crippen LogP contribution in [0, 0.1) is 0 Å². The van der Waals surface area contributed by atoms with E-state index >= 15 is 0 Å². The number of rotatable bonds is 7. The molecule has 0 heterocycles. The second-order valence-corrected chi connectivity index (χ2v) is 4.58. The van der Waals surface area contributed by atoms with Crippen molar-refractivity contribution in [2.45, 2.75) is 52.1 Å². The highest BCUT2D eigenvalue weighted by molar-refractivity contribution is 5.75. The molecule has 1 unspecified atom stereocenters. The van der Waals surface area contributed by atoms with Crippen LogP contribution in [0.1, 0.15) is 40.5 Å². The molecule has 94 valence electrons. The fourth-order valence-electron chi connectivity index (χ4n) is 1.67. The largest absolute Gasteiger partial charge is 0.466 e. The molecule has 0 aromatic carbocycles. The van der Waals surface area contributed by atoms with Crippen LogP contribution in [0.25, 0.3) is 0 Å². The van der Waals surface area contributed by atoms with Gasteiger partial charge in [-0.25, -0.2) is 0 Å². The number of nitrogens with one attached hydrogen (secondary N) is 1. The SMILES string of the molecule is CCOC(=O)CC(C)NC(C)(C)CC(N)=O. The summed E-state index contributed by atoms with van der Waals surface area (Å²) in [6.07, 6.45) is 0.524. The Hall–Kier alpha value is -1.10. The minimum atomic E-state index is -0.405. The number of hydrogen-bond donors (Lipinski definition) is 2. The molecule has 0 saturated carbocycles. The van der Waals surface area contributed by atoms with Crippen LogP contribution >= 0.6 is 0 Å². The molecule has 0 spiro atoms. The predicted octanol–water partition coefficient (Wildman–Crippen LogP) is 0.572. The van der Waals surface area contributed by atoms with E-state index in [0.717, 1.165) is 0 Å². The van der Waals surface area contributed by atoms with Crippen LogP contribution < -0.4 is 11.1 Å². The number of ether oxygens (including phenoxy) is 1. The van der Waals surface area contributed by atoms with Gasteiger partial charge in [0, 0.05) is 18.0 Å². The van der Waals surface area contributed by atoms with Crippen LogP contribution in [0.15, 0.2) is 0 Å². The Morgan fingerprint density at radius 1 is 1.44 bits per heavy atom. The first-order chi connectivity index (χ1) is 7.26. The molecule has 0 aromatic rings. The van der Waals surface area contributed by atoms with Crippen LogP contribution in [-0.4, -0.2) is 30.1 Å². The van der Waals surface area contributed by atoms with Crippen molar-refractivity contribution >= 4 is 11.9 Å². The van der Waals surface area contributed by atoms with Gasteiger partial charge in [0.2, 0.25) is 5.91 Å². The molecule has 1 atom stereocenters. The van der Waals surface area contributed by atoms with E-state index in [1.54, 1.807) is 6.92 Å². The summed E-state index contributed by atoms with van der Waals surface area (Å²) in [6.45, 7) is 7.78. The number of primary amides is 1. The Morgan fingerprint density at radius 3 is 2.44 bits per heavy atom. The maximum absolute atomic E-state index is 11.2. The highest BCUT2D eigenvalue weighted by Gasteiger charge is 2.23. The molecule has 0 radical (unpaired) electrons. The van der Waals surface area contributed by atoms with E-state index in [9.17, 15) is 9.59 Å². The summed E-state index contributed by atoms with van der Waals surface area (Å²) in [5.74, 6) is -0.599. The zero-order valence-electron chi connectivity index (χ0n) is 10.5. The number of esters is 1. The van der Waals surface area contributed by atoms with Crippen LogP contribution in [-0.2, 0) is 14.3 Å². The molecule has 0 aliphatic rings. The molecule has 0 fully saturated rings. The third kappa shape index (κ3) is 7.23. The van der Waals surface area contributed by atoms with Crippen LogP contribution in [0.5, 0.6) is 0 Å². The lowest BCUT2D eigenvalue weighted by atomic mass is 9.98. The molecule has 0 aromatic heterocycles. The van der Waals surface area contributed by atoms with E-state index < -0.39 is 5.54 Å². The third-order valence-electron chi connectivity index (χ3n) is 2.03. The van der Waals surface area contributed by atoms with Crippen molar-refractivity contribution < 1.29 is 14.3 Å². The van der Waals surface area contributed by atoms with E-state index in [0.29, 0.717) is 6.61 Å². The van der Waals surface area contributed by atoms with Gasteiger partial charge in [0.15, 0.2) is 0 Å². The van der Waals surface area contributed by atoms with Crippen molar-refractivity contribution in [3.8, 4) is 0 Å². The molecule has 1 amide bonds. The first kappa shape index (κ1) is 14.9. The Balaban J connectivity index is 4.07. The average molecular weight is 230 g/mol. The standard InChI is InChI=1S/C11H22N2O3/c1-5-16-10(15)6-8(2)13-11(3,4)7-9(12)14/h8,13H,5-7H2,1-4H3,(H2,12,14). The second-order valence-electron chi connectivity index (χ2n) is 4.58. The van der Waals surface area contributed by atoms with Gasteiger partial charge in [0.1, 0.15) is 0 Å². The summed E-state index contributed by atoms with van der Waals surface area (Å²) in [5.41, 5.74) is 4.73. The average Bonchev–Trinajstić information content (AvgIpc) is 1.98. The minimum absolute atomic E-state index is 0.0478. The van der Waals surface area contributed by atoms with E-state index in [-0.39, 0.29) is 30.8 Å². The Labute approximate surface area is 96.7 Å². The summed E-state index contributed by atoms with van der Waals surface area (Å²) in [7, 11) is 0. The number of amides is 1. The van der Waals surface area contributed by atoms with Gasteiger partial charge < -0.3 is 15.8 Å². The zero-order valence-corrected chi connectivity index (χ0v) is 10.5. The van der Waals surface area contributed by atoms with Crippen molar-refractivity contribution in [3.63, 3.8) is 0 Å². The lowest BCUT2D eigenvalue weighted by Crippen LogP contribution is -2.47. The maximum atomic E-state index is 11.2. The molecule has 5 heteroatoms. The predicted molar refractivity (Wildman–Crippen MR) is 61.7 cm³/mol. The fraction of sp³-hybridized carbons (Fsp3) is 0.818. The number of nitrogens with two attached hydrogens (primary N) is 1. The molecule has 0 saturated heterocycles. The quantitative estimate of drug-likeness (QED) is 0.626. The molecular formula is C11H22N2O3. The van der Waals surface area contributed by atoms with Gasteiger partial charge in [-0.1, -0.05) is 0 Å². The summed E-state index contributed by atoms with van der Waals surface area (Å²) in [6, 6.07) is -0.0478. The molecule has 16 heavy (non-hydrogen) atoms. The van der Waals surface area contributed by atoms with Gasteiger partial charge in [0.25, 0.3) is 0 Å².